The highest BCUT2D eigenvalue weighted by atomic mass is 16.5. The van der Waals surface area contributed by atoms with Gasteiger partial charge in [0.2, 0.25) is 0 Å². The van der Waals surface area contributed by atoms with Crippen molar-refractivity contribution in [2.45, 2.75) is 13.3 Å². The van der Waals surface area contributed by atoms with E-state index in [0.717, 1.165) is 7.11 Å². The standard InChI is InChI=1S/C13H17NO6/c1-13(11(15)16,12(17)20-4)7-8-10(19-3)9(18-2)5-6-14-8/h5-6H,7H2,1-4H3,(H,15,16). The summed E-state index contributed by atoms with van der Waals surface area (Å²) in [5.74, 6) is -1.44. The van der Waals surface area contributed by atoms with Crippen molar-refractivity contribution in [3.8, 4) is 11.5 Å². The zero-order valence-electron chi connectivity index (χ0n) is 11.8. The van der Waals surface area contributed by atoms with Gasteiger partial charge in [0.15, 0.2) is 16.9 Å². The molecule has 0 aliphatic rings. The second-order valence-electron chi connectivity index (χ2n) is 4.30. The van der Waals surface area contributed by atoms with Crippen molar-refractivity contribution >= 4 is 11.9 Å². The molecule has 0 amide bonds. The molecule has 1 atom stereocenters. The maximum atomic E-state index is 11.7. The quantitative estimate of drug-likeness (QED) is 0.612. The Morgan fingerprint density at radius 3 is 2.40 bits per heavy atom. The molecule has 0 fully saturated rings. The summed E-state index contributed by atoms with van der Waals surface area (Å²) in [5, 5.41) is 9.28. The van der Waals surface area contributed by atoms with Gasteiger partial charge in [0.1, 0.15) is 0 Å². The van der Waals surface area contributed by atoms with Gasteiger partial charge in [0, 0.05) is 18.7 Å². The first kappa shape index (κ1) is 15.7. The SMILES string of the molecule is COC(=O)C(C)(Cc1nccc(OC)c1OC)C(=O)O. The molecular weight excluding hydrogens is 266 g/mol. The fourth-order valence-electron chi connectivity index (χ4n) is 1.77. The molecule has 110 valence electrons. The molecule has 1 aromatic heterocycles. The van der Waals surface area contributed by atoms with Crippen LogP contribution in [-0.2, 0) is 20.7 Å². The van der Waals surface area contributed by atoms with Gasteiger partial charge in [0.05, 0.1) is 27.0 Å². The average Bonchev–Trinajstić information content (AvgIpc) is 2.45. The van der Waals surface area contributed by atoms with Crippen LogP contribution in [0.1, 0.15) is 12.6 Å². The number of pyridine rings is 1. The molecule has 7 heteroatoms. The van der Waals surface area contributed by atoms with Crippen LogP contribution in [0.15, 0.2) is 12.3 Å². The van der Waals surface area contributed by atoms with Crippen molar-refractivity contribution in [1.29, 1.82) is 0 Å². The lowest BCUT2D eigenvalue weighted by molar-refractivity contribution is -0.165. The van der Waals surface area contributed by atoms with Crippen molar-refractivity contribution in [3.05, 3.63) is 18.0 Å². The fourth-order valence-corrected chi connectivity index (χ4v) is 1.77. The Labute approximate surface area is 116 Å². The van der Waals surface area contributed by atoms with E-state index in [0.29, 0.717) is 17.2 Å². The zero-order valence-corrected chi connectivity index (χ0v) is 11.8. The summed E-state index contributed by atoms with van der Waals surface area (Å²) in [5.41, 5.74) is -1.44. The molecule has 0 aliphatic heterocycles. The lowest BCUT2D eigenvalue weighted by Gasteiger charge is -2.22. The Bertz CT molecular complexity index is 516. The maximum Gasteiger partial charge on any atom is 0.323 e. The Morgan fingerprint density at radius 2 is 1.95 bits per heavy atom. The number of hydrogen-bond acceptors (Lipinski definition) is 6. The van der Waals surface area contributed by atoms with Crippen LogP contribution in [0, 0.1) is 5.41 Å². The van der Waals surface area contributed by atoms with E-state index >= 15 is 0 Å². The molecule has 1 aromatic rings. The Hall–Kier alpha value is -2.31. The van der Waals surface area contributed by atoms with Crippen LogP contribution in [0.4, 0.5) is 0 Å². The number of rotatable bonds is 6. The summed E-state index contributed by atoms with van der Waals surface area (Å²) in [4.78, 5) is 27.2. The molecule has 0 aliphatic carbocycles. The summed E-state index contributed by atoms with van der Waals surface area (Å²) in [6, 6.07) is 1.58. The monoisotopic (exact) mass is 283 g/mol. The highest BCUT2D eigenvalue weighted by molar-refractivity contribution is 5.99. The minimum absolute atomic E-state index is 0.171. The highest BCUT2D eigenvalue weighted by Crippen LogP contribution is 2.34. The van der Waals surface area contributed by atoms with Crippen LogP contribution in [0.25, 0.3) is 0 Å². The van der Waals surface area contributed by atoms with Crippen LogP contribution in [0.3, 0.4) is 0 Å². The molecule has 1 rings (SSSR count). The second-order valence-corrected chi connectivity index (χ2v) is 4.30. The van der Waals surface area contributed by atoms with Gasteiger partial charge in [-0.25, -0.2) is 0 Å². The number of aliphatic carboxylic acids is 1. The fraction of sp³-hybridized carbons (Fsp3) is 0.462. The summed E-state index contributed by atoms with van der Waals surface area (Å²) in [6.45, 7) is 1.28. The van der Waals surface area contributed by atoms with Crippen LogP contribution in [-0.4, -0.2) is 43.4 Å². The van der Waals surface area contributed by atoms with Gasteiger partial charge >= 0.3 is 11.9 Å². The lowest BCUT2D eigenvalue weighted by Crippen LogP contribution is -2.39. The zero-order chi connectivity index (χ0) is 15.3. The van der Waals surface area contributed by atoms with Gasteiger partial charge in [-0.2, -0.15) is 0 Å². The maximum absolute atomic E-state index is 11.7. The molecule has 0 spiro atoms. The van der Waals surface area contributed by atoms with Gasteiger partial charge in [-0.05, 0) is 6.92 Å². The average molecular weight is 283 g/mol. The summed E-state index contributed by atoms with van der Waals surface area (Å²) in [6.07, 6.45) is 1.28. The van der Waals surface area contributed by atoms with E-state index in [4.69, 9.17) is 9.47 Å². The number of methoxy groups -OCH3 is 3. The predicted octanol–water partition coefficient (Wildman–Crippen LogP) is 0.905. The second kappa shape index (κ2) is 6.23. The molecule has 0 saturated carbocycles. The topological polar surface area (TPSA) is 95.0 Å². The molecule has 1 N–H and O–H groups in total. The Kier molecular flexibility index (Phi) is 4.90. The smallest absolute Gasteiger partial charge is 0.323 e. The van der Waals surface area contributed by atoms with Gasteiger partial charge < -0.3 is 19.3 Å². The van der Waals surface area contributed by atoms with Crippen molar-refractivity contribution in [1.82, 2.24) is 4.98 Å². The van der Waals surface area contributed by atoms with E-state index in [-0.39, 0.29) is 6.42 Å². The van der Waals surface area contributed by atoms with Crippen LogP contribution in [0.2, 0.25) is 0 Å². The first-order valence-corrected chi connectivity index (χ1v) is 5.78. The predicted molar refractivity (Wildman–Crippen MR) is 68.8 cm³/mol. The minimum atomic E-state index is -1.75. The van der Waals surface area contributed by atoms with E-state index in [2.05, 4.69) is 9.72 Å². The molecule has 1 unspecified atom stereocenters. The summed E-state index contributed by atoms with van der Waals surface area (Å²) < 4.78 is 14.8. The van der Waals surface area contributed by atoms with Gasteiger partial charge in [-0.3, -0.25) is 14.6 Å². The number of nitrogens with zero attached hydrogens (tertiary/aromatic N) is 1. The molecular formula is C13H17NO6. The van der Waals surface area contributed by atoms with Crippen molar-refractivity contribution in [2.24, 2.45) is 5.41 Å². The summed E-state index contributed by atoms with van der Waals surface area (Å²) in [7, 11) is 4.01. The van der Waals surface area contributed by atoms with E-state index in [1.807, 2.05) is 0 Å². The van der Waals surface area contributed by atoms with Gasteiger partial charge in [-0.15, -0.1) is 0 Å². The third-order valence-electron chi connectivity index (χ3n) is 3.00. The van der Waals surface area contributed by atoms with Crippen LogP contribution in [0.5, 0.6) is 11.5 Å². The molecule has 7 nitrogen and oxygen atoms in total. The van der Waals surface area contributed by atoms with Crippen LogP contribution < -0.4 is 9.47 Å². The number of aromatic nitrogens is 1. The Balaban J connectivity index is 3.25. The van der Waals surface area contributed by atoms with E-state index < -0.39 is 17.4 Å². The molecule has 20 heavy (non-hydrogen) atoms. The van der Waals surface area contributed by atoms with E-state index in [1.165, 1.54) is 27.3 Å². The first-order valence-electron chi connectivity index (χ1n) is 5.78. The van der Waals surface area contributed by atoms with E-state index in [9.17, 15) is 14.7 Å². The van der Waals surface area contributed by atoms with Crippen LogP contribution >= 0.6 is 0 Å². The lowest BCUT2D eigenvalue weighted by atomic mass is 9.85. The summed E-state index contributed by atoms with van der Waals surface area (Å²) >= 11 is 0. The third kappa shape index (κ3) is 2.81. The number of carbonyl (C=O) groups excluding carboxylic acids is 1. The van der Waals surface area contributed by atoms with Gasteiger partial charge in [-0.1, -0.05) is 0 Å². The minimum Gasteiger partial charge on any atom is -0.493 e. The molecule has 1 heterocycles. The highest BCUT2D eigenvalue weighted by Gasteiger charge is 2.44. The largest absolute Gasteiger partial charge is 0.493 e. The number of esters is 1. The van der Waals surface area contributed by atoms with Crippen molar-refractivity contribution in [2.75, 3.05) is 21.3 Å². The molecule has 0 radical (unpaired) electrons. The number of carboxylic acids is 1. The molecule has 0 saturated heterocycles. The first-order chi connectivity index (χ1) is 9.40. The Morgan fingerprint density at radius 1 is 1.30 bits per heavy atom. The number of carboxylic acid groups (broad SMARTS) is 1. The van der Waals surface area contributed by atoms with Gasteiger partial charge in [0.25, 0.3) is 0 Å². The van der Waals surface area contributed by atoms with E-state index in [1.54, 1.807) is 6.07 Å². The number of carbonyl (C=O) groups is 2. The molecule has 0 aromatic carbocycles. The number of ether oxygens (including phenoxy) is 3. The van der Waals surface area contributed by atoms with Crippen molar-refractivity contribution < 1.29 is 28.9 Å². The third-order valence-corrected chi connectivity index (χ3v) is 3.00. The van der Waals surface area contributed by atoms with Crippen molar-refractivity contribution in [3.63, 3.8) is 0 Å². The number of hydrogen-bond donors (Lipinski definition) is 1. The molecule has 0 bridgehead atoms. The normalized spacial score (nSPS) is 13.2.